The van der Waals surface area contributed by atoms with Crippen LogP contribution in [0, 0.1) is 0 Å². The van der Waals surface area contributed by atoms with E-state index in [1.807, 2.05) is 54.6 Å². The molecule has 0 heterocycles. The smallest absolute Gasteiger partial charge is 0.333 e. The Balaban J connectivity index is 2.30. The van der Waals surface area contributed by atoms with Crippen LogP contribution < -0.4 is 10.1 Å². The third kappa shape index (κ3) is 3.75. The van der Waals surface area contributed by atoms with Crippen LogP contribution in [0.15, 0.2) is 54.6 Å². The van der Waals surface area contributed by atoms with Gasteiger partial charge >= 0.3 is 5.97 Å². The van der Waals surface area contributed by atoms with Crippen molar-refractivity contribution in [3.8, 4) is 5.75 Å². The summed E-state index contributed by atoms with van der Waals surface area (Å²) in [5.41, 5.74) is 1.60. The zero-order valence-electron chi connectivity index (χ0n) is 12.2. The minimum atomic E-state index is -0.567. The van der Waals surface area contributed by atoms with Crippen LogP contribution in [0.3, 0.4) is 0 Å². The zero-order valence-corrected chi connectivity index (χ0v) is 12.2. The number of para-hydroxylation sites is 2. The fraction of sp³-hybridized carbons (Fsp3) is 0.235. The number of ether oxygens (including phenoxy) is 2. The van der Waals surface area contributed by atoms with Crippen molar-refractivity contribution in [3.63, 3.8) is 0 Å². The molecule has 0 unspecified atom stereocenters. The van der Waals surface area contributed by atoms with Crippen LogP contribution in [0.1, 0.15) is 18.5 Å². The van der Waals surface area contributed by atoms with E-state index in [1.54, 1.807) is 14.0 Å². The molecule has 2 aromatic carbocycles. The van der Waals surface area contributed by atoms with Gasteiger partial charge in [0.1, 0.15) is 5.75 Å². The van der Waals surface area contributed by atoms with E-state index < -0.39 is 6.04 Å². The highest BCUT2D eigenvalue weighted by atomic mass is 16.5. The van der Waals surface area contributed by atoms with E-state index in [-0.39, 0.29) is 5.97 Å². The fourth-order valence-corrected chi connectivity index (χ4v) is 2.07. The lowest BCUT2D eigenvalue weighted by molar-refractivity contribution is -0.144. The maximum Gasteiger partial charge on any atom is 0.333 e. The maximum atomic E-state index is 12.2. The second kappa shape index (κ2) is 7.33. The van der Waals surface area contributed by atoms with Crippen LogP contribution in [-0.4, -0.2) is 19.7 Å². The van der Waals surface area contributed by atoms with Gasteiger partial charge in [0, 0.05) is 0 Å². The van der Waals surface area contributed by atoms with E-state index >= 15 is 0 Å². The molecule has 4 heteroatoms. The van der Waals surface area contributed by atoms with Gasteiger partial charge in [-0.3, -0.25) is 0 Å². The summed E-state index contributed by atoms with van der Waals surface area (Å²) in [4.78, 5) is 12.2. The normalized spacial score (nSPS) is 11.5. The Morgan fingerprint density at radius 2 is 1.76 bits per heavy atom. The first-order chi connectivity index (χ1) is 10.3. The first-order valence-corrected chi connectivity index (χ1v) is 6.87. The summed E-state index contributed by atoms with van der Waals surface area (Å²) in [5, 5.41) is 3.20. The molecule has 4 nitrogen and oxygen atoms in total. The van der Waals surface area contributed by atoms with Crippen molar-refractivity contribution in [2.24, 2.45) is 0 Å². The number of carbonyl (C=O) groups excluding carboxylic acids is 1. The summed E-state index contributed by atoms with van der Waals surface area (Å²) >= 11 is 0. The molecule has 2 aromatic rings. The highest BCUT2D eigenvalue weighted by Crippen LogP contribution is 2.28. The predicted octanol–water partition coefficient (Wildman–Crippen LogP) is 3.41. The molecule has 0 radical (unpaired) electrons. The Morgan fingerprint density at radius 3 is 2.43 bits per heavy atom. The van der Waals surface area contributed by atoms with Gasteiger partial charge in [-0.25, -0.2) is 4.79 Å². The van der Waals surface area contributed by atoms with Gasteiger partial charge < -0.3 is 14.8 Å². The number of nitrogens with one attached hydrogen (secondary N) is 1. The molecule has 0 bridgehead atoms. The molecular weight excluding hydrogens is 266 g/mol. The van der Waals surface area contributed by atoms with E-state index in [0.717, 1.165) is 11.3 Å². The van der Waals surface area contributed by atoms with Gasteiger partial charge in [0.2, 0.25) is 0 Å². The summed E-state index contributed by atoms with van der Waals surface area (Å²) in [5.74, 6) is 0.373. The van der Waals surface area contributed by atoms with E-state index in [0.29, 0.717) is 12.4 Å². The number of anilines is 1. The average molecular weight is 285 g/mol. The molecule has 0 amide bonds. The Kier molecular flexibility index (Phi) is 5.21. The number of esters is 1. The molecular formula is C17H19NO3. The van der Waals surface area contributed by atoms with E-state index in [4.69, 9.17) is 9.47 Å². The Morgan fingerprint density at radius 1 is 1.10 bits per heavy atom. The van der Waals surface area contributed by atoms with Crippen molar-refractivity contribution >= 4 is 11.7 Å². The molecule has 2 rings (SSSR count). The second-order valence-corrected chi connectivity index (χ2v) is 4.44. The quantitative estimate of drug-likeness (QED) is 0.826. The third-order valence-corrected chi connectivity index (χ3v) is 3.06. The standard InChI is InChI=1S/C17H19NO3/c1-3-21-17(19)16(13-9-5-4-6-10-13)18-14-11-7-8-12-15(14)20-2/h4-12,16,18H,3H2,1-2H3/t16-/m1/s1. The molecule has 0 aliphatic heterocycles. The Labute approximate surface area is 124 Å². The highest BCUT2D eigenvalue weighted by Gasteiger charge is 2.22. The number of rotatable bonds is 6. The van der Waals surface area contributed by atoms with Crippen LogP contribution in [0.25, 0.3) is 0 Å². The molecule has 0 aliphatic rings. The van der Waals surface area contributed by atoms with Crippen LogP contribution in [0.5, 0.6) is 5.75 Å². The van der Waals surface area contributed by atoms with Crippen molar-refractivity contribution in [2.45, 2.75) is 13.0 Å². The van der Waals surface area contributed by atoms with Crippen molar-refractivity contribution in [2.75, 3.05) is 19.0 Å². The number of methoxy groups -OCH3 is 1. The molecule has 1 atom stereocenters. The van der Waals surface area contributed by atoms with Gasteiger partial charge in [-0.05, 0) is 24.6 Å². The minimum Gasteiger partial charge on any atom is -0.495 e. The van der Waals surface area contributed by atoms with E-state index in [2.05, 4.69) is 5.32 Å². The number of carbonyl (C=O) groups is 1. The summed E-state index contributed by atoms with van der Waals surface area (Å²) in [6.45, 7) is 2.14. The highest BCUT2D eigenvalue weighted by molar-refractivity contribution is 5.81. The lowest BCUT2D eigenvalue weighted by Gasteiger charge is -2.20. The van der Waals surface area contributed by atoms with Crippen LogP contribution in [0.2, 0.25) is 0 Å². The van der Waals surface area contributed by atoms with Crippen molar-refractivity contribution < 1.29 is 14.3 Å². The molecule has 0 aliphatic carbocycles. The summed E-state index contributed by atoms with van der Waals surface area (Å²) < 4.78 is 10.5. The number of hydrogen-bond acceptors (Lipinski definition) is 4. The average Bonchev–Trinajstić information content (AvgIpc) is 2.54. The predicted molar refractivity (Wildman–Crippen MR) is 82.4 cm³/mol. The van der Waals surface area contributed by atoms with Crippen LogP contribution >= 0.6 is 0 Å². The van der Waals surface area contributed by atoms with E-state index in [9.17, 15) is 4.79 Å². The van der Waals surface area contributed by atoms with Gasteiger partial charge in [-0.2, -0.15) is 0 Å². The maximum absolute atomic E-state index is 12.2. The first-order valence-electron chi connectivity index (χ1n) is 6.87. The Bertz CT molecular complexity index is 584. The molecule has 0 saturated heterocycles. The van der Waals surface area contributed by atoms with Gasteiger partial charge in [-0.15, -0.1) is 0 Å². The minimum absolute atomic E-state index is 0.311. The van der Waals surface area contributed by atoms with Crippen LogP contribution in [-0.2, 0) is 9.53 Å². The molecule has 0 saturated carbocycles. The molecule has 0 fully saturated rings. The van der Waals surface area contributed by atoms with Gasteiger partial charge in [0.15, 0.2) is 6.04 Å². The zero-order chi connectivity index (χ0) is 15.1. The molecule has 110 valence electrons. The van der Waals surface area contributed by atoms with Crippen molar-refractivity contribution in [1.29, 1.82) is 0 Å². The first kappa shape index (κ1) is 14.9. The second-order valence-electron chi connectivity index (χ2n) is 4.44. The monoisotopic (exact) mass is 285 g/mol. The van der Waals surface area contributed by atoms with Crippen molar-refractivity contribution in [3.05, 3.63) is 60.2 Å². The molecule has 0 spiro atoms. The third-order valence-electron chi connectivity index (χ3n) is 3.06. The largest absolute Gasteiger partial charge is 0.495 e. The summed E-state index contributed by atoms with van der Waals surface area (Å²) in [6.07, 6.45) is 0. The molecule has 1 N–H and O–H groups in total. The number of hydrogen-bond donors (Lipinski definition) is 1. The SMILES string of the molecule is CCOC(=O)[C@H](Nc1ccccc1OC)c1ccccc1. The van der Waals surface area contributed by atoms with Gasteiger partial charge in [0.25, 0.3) is 0 Å². The molecule has 21 heavy (non-hydrogen) atoms. The van der Waals surface area contributed by atoms with Crippen LogP contribution in [0.4, 0.5) is 5.69 Å². The molecule has 0 aromatic heterocycles. The van der Waals surface area contributed by atoms with Gasteiger partial charge in [-0.1, -0.05) is 42.5 Å². The lowest BCUT2D eigenvalue weighted by atomic mass is 10.1. The Hall–Kier alpha value is -2.49. The summed E-state index contributed by atoms with van der Waals surface area (Å²) in [6, 6.07) is 16.4. The summed E-state index contributed by atoms with van der Waals surface area (Å²) in [7, 11) is 1.60. The van der Waals surface area contributed by atoms with Crippen molar-refractivity contribution in [1.82, 2.24) is 0 Å². The topological polar surface area (TPSA) is 47.6 Å². The van der Waals surface area contributed by atoms with E-state index in [1.165, 1.54) is 0 Å². The fourth-order valence-electron chi connectivity index (χ4n) is 2.07. The van der Waals surface area contributed by atoms with Gasteiger partial charge in [0.05, 0.1) is 19.4 Å². The lowest BCUT2D eigenvalue weighted by Crippen LogP contribution is -2.23. The number of benzene rings is 2.